The Morgan fingerprint density at radius 2 is 1.81 bits per heavy atom. The molecule has 140 valence electrons. The summed E-state index contributed by atoms with van der Waals surface area (Å²) in [6.45, 7) is 0.747. The number of hydrogen-bond donors (Lipinski definition) is 1. The fraction of sp³-hybridized carbons (Fsp3) is 0.278. The van der Waals surface area contributed by atoms with Crippen LogP contribution in [0.1, 0.15) is 11.1 Å². The van der Waals surface area contributed by atoms with Crippen molar-refractivity contribution < 1.29 is 22.7 Å². The fourth-order valence-corrected chi connectivity index (χ4v) is 2.77. The number of carbonyl (C=O) groups is 1. The molecule has 2 aromatic rings. The SMILES string of the molecule is CN(Cc1ccc(OC(F)(F)F)cc1)C(=O)NCCc1ccccc1Br. The highest BCUT2D eigenvalue weighted by Crippen LogP contribution is 2.23. The summed E-state index contributed by atoms with van der Waals surface area (Å²) in [5.74, 6) is -0.290. The molecule has 0 fully saturated rings. The van der Waals surface area contributed by atoms with Crippen LogP contribution in [0.3, 0.4) is 0 Å². The Balaban J connectivity index is 1.80. The maximum atomic E-state index is 12.1. The number of ether oxygens (including phenoxy) is 1. The average Bonchev–Trinajstić information content (AvgIpc) is 2.57. The number of urea groups is 1. The Morgan fingerprint density at radius 1 is 1.15 bits per heavy atom. The second-order valence-electron chi connectivity index (χ2n) is 5.62. The lowest BCUT2D eigenvalue weighted by Gasteiger charge is -2.18. The minimum absolute atomic E-state index is 0.257. The number of amides is 2. The molecule has 1 N–H and O–H groups in total. The summed E-state index contributed by atoms with van der Waals surface area (Å²) in [5, 5.41) is 2.81. The van der Waals surface area contributed by atoms with Gasteiger partial charge in [0.05, 0.1) is 0 Å². The van der Waals surface area contributed by atoms with Crippen LogP contribution < -0.4 is 10.1 Å². The van der Waals surface area contributed by atoms with E-state index < -0.39 is 6.36 Å². The van der Waals surface area contributed by atoms with E-state index >= 15 is 0 Å². The van der Waals surface area contributed by atoms with Gasteiger partial charge in [0, 0.05) is 24.6 Å². The van der Waals surface area contributed by atoms with Gasteiger partial charge in [0.2, 0.25) is 0 Å². The van der Waals surface area contributed by atoms with Crippen molar-refractivity contribution in [3.63, 3.8) is 0 Å². The van der Waals surface area contributed by atoms with Crippen LogP contribution in [-0.2, 0) is 13.0 Å². The number of nitrogens with zero attached hydrogens (tertiary/aromatic N) is 1. The summed E-state index contributed by atoms with van der Waals surface area (Å²) in [4.78, 5) is 13.6. The van der Waals surface area contributed by atoms with Crippen LogP contribution in [0.15, 0.2) is 53.0 Å². The molecule has 0 aliphatic heterocycles. The van der Waals surface area contributed by atoms with Gasteiger partial charge in [-0.05, 0) is 35.7 Å². The Labute approximate surface area is 158 Å². The summed E-state index contributed by atoms with van der Waals surface area (Å²) in [6, 6.07) is 12.9. The molecule has 0 unspecified atom stereocenters. The molecular formula is C18H18BrF3N2O2. The van der Waals surface area contributed by atoms with Gasteiger partial charge < -0.3 is 15.0 Å². The molecule has 0 saturated heterocycles. The van der Waals surface area contributed by atoms with Crippen molar-refractivity contribution >= 4 is 22.0 Å². The lowest BCUT2D eigenvalue weighted by molar-refractivity contribution is -0.274. The van der Waals surface area contributed by atoms with Gasteiger partial charge in [0.15, 0.2) is 0 Å². The molecule has 2 aromatic carbocycles. The van der Waals surface area contributed by atoms with Gasteiger partial charge in [0.1, 0.15) is 5.75 Å². The molecule has 0 atom stereocenters. The second-order valence-corrected chi connectivity index (χ2v) is 6.48. The Kier molecular flexibility index (Phi) is 6.90. The van der Waals surface area contributed by atoms with E-state index in [1.165, 1.54) is 29.2 Å². The molecule has 8 heteroatoms. The summed E-state index contributed by atoms with van der Waals surface area (Å²) < 4.78 is 41.2. The van der Waals surface area contributed by atoms with Gasteiger partial charge in [-0.25, -0.2) is 4.79 Å². The highest BCUT2D eigenvalue weighted by molar-refractivity contribution is 9.10. The number of benzene rings is 2. The Morgan fingerprint density at radius 3 is 2.42 bits per heavy atom. The fourth-order valence-electron chi connectivity index (χ4n) is 2.28. The van der Waals surface area contributed by atoms with E-state index in [0.29, 0.717) is 18.5 Å². The van der Waals surface area contributed by atoms with Gasteiger partial charge in [-0.15, -0.1) is 13.2 Å². The van der Waals surface area contributed by atoms with Crippen molar-refractivity contribution in [2.45, 2.75) is 19.3 Å². The molecule has 2 rings (SSSR count). The van der Waals surface area contributed by atoms with Gasteiger partial charge in [0.25, 0.3) is 0 Å². The zero-order valence-corrected chi connectivity index (χ0v) is 15.6. The third-order valence-electron chi connectivity index (χ3n) is 3.55. The van der Waals surface area contributed by atoms with E-state index in [9.17, 15) is 18.0 Å². The normalized spacial score (nSPS) is 11.1. The number of hydrogen-bond acceptors (Lipinski definition) is 2. The summed E-state index contributed by atoms with van der Waals surface area (Å²) in [6.07, 6.45) is -4.03. The van der Waals surface area contributed by atoms with Crippen LogP contribution >= 0.6 is 15.9 Å². The Bertz CT molecular complexity index is 736. The smallest absolute Gasteiger partial charge is 0.406 e. The first kappa shape index (κ1) is 20.1. The highest BCUT2D eigenvalue weighted by Gasteiger charge is 2.30. The third kappa shape index (κ3) is 6.59. The van der Waals surface area contributed by atoms with E-state index in [4.69, 9.17) is 0 Å². The van der Waals surface area contributed by atoms with Crippen LogP contribution in [0, 0.1) is 0 Å². The molecule has 0 aromatic heterocycles. The predicted octanol–water partition coefficient (Wildman–Crippen LogP) is 4.73. The molecule has 2 amide bonds. The quantitative estimate of drug-likeness (QED) is 0.719. The van der Waals surface area contributed by atoms with Crippen LogP contribution in [0.4, 0.5) is 18.0 Å². The van der Waals surface area contributed by atoms with Crippen LogP contribution in [-0.4, -0.2) is 30.9 Å². The maximum absolute atomic E-state index is 12.1. The van der Waals surface area contributed by atoms with Gasteiger partial charge in [-0.3, -0.25) is 0 Å². The molecule has 0 radical (unpaired) electrons. The van der Waals surface area contributed by atoms with E-state index in [1.54, 1.807) is 7.05 Å². The van der Waals surface area contributed by atoms with Crippen molar-refractivity contribution in [2.75, 3.05) is 13.6 Å². The van der Waals surface area contributed by atoms with Gasteiger partial charge in [-0.1, -0.05) is 46.3 Å². The predicted molar refractivity (Wildman–Crippen MR) is 95.8 cm³/mol. The number of carbonyl (C=O) groups excluding carboxylic acids is 1. The molecule has 0 spiro atoms. The van der Waals surface area contributed by atoms with E-state index in [-0.39, 0.29) is 18.3 Å². The Hall–Kier alpha value is -2.22. The van der Waals surface area contributed by atoms with E-state index in [0.717, 1.165) is 10.0 Å². The lowest BCUT2D eigenvalue weighted by Crippen LogP contribution is -2.37. The van der Waals surface area contributed by atoms with Crippen LogP contribution in [0.25, 0.3) is 0 Å². The van der Waals surface area contributed by atoms with Gasteiger partial charge >= 0.3 is 12.4 Å². The maximum Gasteiger partial charge on any atom is 0.573 e. The molecule has 4 nitrogen and oxygen atoms in total. The first-order chi connectivity index (χ1) is 12.2. The highest BCUT2D eigenvalue weighted by atomic mass is 79.9. The van der Waals surface area contributed by atoms with E-state index in [1.807, 2.05) is 24.3 Å². The van der Waals surface area contributed by atoms with Gasteiger partial charge in [-0.2, -0.15) is 0 Å². The zero-order chi connectivity index (χ0) is 19.2. The monoisotopic (exact) mass is 430 g/mol. The summed E-state index contributed by atoms with van der Waals surface area (Å²) in [5.41, 5.74) is 1.79. The minimum atomic E-state index is -4.72. The van der Waals surface area contributed by atoms with Crippen LogP contribution in [0.2, 0.25) is 0 Å². The van der Waals surface area contributed by atoms with Crippen molar-refractivity contribution in [1.82, 2.24) is 10.2 Å². The number of rotatable bonds is 6. The lowest BCUT2D eigenvalue weighted by atomic mass is 10.1. The number of alkyl halides is 3. The van der Waals surface area contributed by atoms with Crippen molar-refractivity contribution in [2.24, 2.45) is 0 Å². The van der Waals surface area contributed by atoms with Crippen LogP contribution in [0.5, 0.6) is 5.75 Å². The second kappa shape index (κ2) is 8.93. The topological polar surface area (TPSA) is 41.6 Å². The van der Waals surface area contributed by atoms with Crippen molar-refractivity contribution in [3.05, 3.63) is 64.1 Å². The average molecular weight is 431 g/mol. The van der Waals surface area contributed by atoms with Crippen molar-refractivity contribution in [3.8, 4) is 5.75 Å². The molecule has 0 aliphatic carbocycles. The molecule has 0 bridgehead atoms. The number of nitrogens with one attached hydrogen (secondary N) is 1. The summed E-state index contributed by atoms with van der Waals surface area (Å²) in [7, 11) is 1.62. The molecule has 0 aliphatic rings. The largest absolute Gasteiger partial charge is 0.573 e. The molecular weight excluding hydrogens is 413 g/mol. The van der Waals surface area contributed by atoms with Crippen molar-refractivity contribution in [1.29, 1.82) is 0 Å². The molecule has 0 heterocycles. The standard InChI is InChI=1S/C18H18BrF3N2O2/c1-24(12-13-6-8-15(9-7-13)26-18(20,21)22)17(25)23-11-10-14-4-2-3-5-16(14)19/h2-9H,10-12H2,1H3,(H,23,25). The zero-order valence-electron chi connectivity index (χ0n) is 14.0. The summed E-state index contributed by atoms with van der Waals surface area (Å²) >= 11 is 3.46. The number of halogens is 4. The first-order valence-corrected chi connectivity index (χ1v) is 8.61. The molecule has 26 heavy (non-hydrogen) atoms. The molecule has 0 saturated carbocycles. The van der Waals surface area contributed by atoms with E-state index in [2.05, 4.69) is 26.0 Å². The third-order valence-corrected chi connectivity index (χ3v) is 4.33. The first-order valence-electron chi connectivity index (χ1n) is 7.81. The minimum Gasteiger partial charge on any atom is -0.406 e.